The number of alkyl halides is 3. The summed E-state index contributed by atoms with van der Waals surface area (Å²) in [5.41, 5.74) is 8.43. The molecule has 2 aromatic rings. The molecular formula is C16H17F3N4O. The number of benzene rings is 1. The van der Waals surface area contributed by atoms with Gasteiger partial charge in [-0.2, -0.15) is 13.2 Å². The van der Waals surface area contributed by atoms with E-state index < -0.39 is 12.8 Å². The number of anilines is 1. The van der Waals surface area contributed by atoms with Gasteiger partial charge in [0.1, 0.15) is 0 Å². The van der Waals surface area contributed by atoms with Gasteiger partial charge in [-0.25, -0.2) is 9.98 Å². The summed E-state index contributed by atoms with van der Waals surface area (Å²) in [6.07, 6.45) is -2.99. The topological polar surface area (TPSA) is 72.5 Å². The van der Waals surface area contributed by atoms with Crippen LogP contribution in [0.2, 0.25) is 0 Å². The SMILES string of the molecule is Cc1ccc(NC(N)=NCc2ccc(OCC(F)(F)F)nc2)cc1. The number of nitrogens with zero attached hydrogens (tertiary/aromatic N) is 2. The van der Waals surface area contributed by atoms with Gasteiger partial charge in [-0.1, -0.05) is 23.8 Å². The molecule has 0 aliphatic rings. The number of aryl methyl sites for hydroxylation is 1. The molecule has 5 nitrogen and oxygen atoms in total. The molecule has 0 unspecified atom stereocenters. The van der Waals surface area contributed by atoms with Gasteiger partial charge in [0.05, 0.1) is 6.54 Å². The number of aliphatic imine (C=N–C) groups is 1. The average Bonchev–Trinajstić information content (AvgIpc) is 2.53. The molecule has 2 rings (SSSR count). The van der Waals surface area contributed by atoms with E-state index >= 15 is 0 Å². The summed E-state index contributed by atoms with van der Waals surface area (Å²) in [6, 6.07) is 10.6. The molecule has 0 atom stereocenters. The first-order chi connectivity index (χ1) is 11.3. The molecule has 1 aromatic heterocycles. The second kappa shape index (κ2) is 7.67. The minimum absolute atomic E-state index is 0.0918. The van der Waals surface area contributed by atoms with Gasteiger partial charge < -0.3 is 15.8 Å². The van der Waals surface area contributed by atoms with Crippen molar-refractivity contribution in [1.82, 2.24) is 4.98 Å². The maximum atomic E-state index is 12.0. The number of guanidine groups is 1. The number of pyridine rings is 1. The van der Waals surface area contributed by atoms with Crippen molar-refractivity contribution in [2.24, 2.45) is 10.7 Å². The third-order valence-electron chi connectivity index (χ3n) is 2.94. The zero-order valence-electron chi connectivity index (χ0n) is 13.0. The number of hydrogen-bond acceptors (Lipinski definition) is 3. The lowest BCUT2D eigenvalue weighted by molar-refractivity contribution is -0.154. The van der Waals surface area contributed by atoms with Crippen LogP contribution in [0, 0.1) is 6.92 Å². The molecule has 1 aromatic carbocycles. The molecule has 0 aliphatic carbocycles. The lowest BCUT2D eigenvalue weighted by atomic mass is 10.2. The third kappa shape index (κ3) is 6.15. The van der Waals surface area contributed by atoms with Gasteiger partial charge in [-0.3, -0.25) is 0 Å². The molecule has 24 heavy (non-hydrogen) atoms. The van der Waals surface area contributed by atoms with Crippen molar-refractivity contribution in [2.75, 3.05) is 11.9 Å². The van der Waals surface area contributed by atoms with Crippen molar-refractivity contribution in [3.8, 4) is 5.88 Å². The van der Waals surface area contributed by atoms with E-state index in [1.165, 1.54) is 12.3 Å². The summed E-state index contributed by atoms with van der Waals surface area (Å²) < 4.78 is 40.7. The van der Waals surface area contributed by atoms with Crippen LogP contribution in [0.3, 0.4) is 0 Å². The van der Waals surface area contributed by atoms with Gasteiger partial charge >= 0.3 is 6.18 Å². The van der Waals surface area contributed by atoms with Gasteiger partial charge in [0.25, 0.3) is 0 Å². The molecule has 0 radical (unpaired) electrons. The zero-order chi connectivity index (χ0) is 17.6. The minimum Gasteiger partial charge on any atom is -0.468 e. The van der Waals surface area contributed by atoms with Crippen LogP contribution in [0.5, 0.6) is 5.88 Å². The van der Waals surface area contributed by atoms with Gasteiger partial charge in [0, 0.05) is 18.0 Å². The first kappa shape index (κ1) is 17.6. The molecular weight excluding hydrogens is 321 g/mol. The second-order valence-corrected chi connectivity index (χ2v) is 5.10. The lowest BCUT2D eigenvalue weighted by Crippen LogP contribution is -2.22. The second-order valence-electron chi connectivity index (χ2n) is 5.10. The van der Waals surface area contributed by atoms with E-state index in [9.17, 15) is 13.2 Å². The fourth-order valence-electron chi connectivity index (χ4n) is 1.75. The van der Waals surface area contributed by atoms with Gasteiger partial charge in [0.2, 0.25) is 5.88 Å². The van der Waals surface area contributed by atoms with Gasteiger partial charge in [-0.05, 0) is 24.6 Å². The largest absolute Gasteiger partial charge is 0.468 e. The lowest BCUT2D eigenvalue weighted by Gasteiger charge is -2.08. The first-order valence-corrected chi connectivity index (χ1v) is 7.10. The van der Waals surface area contributed by atoms with Crippen LogP contribution in [0.15, 0.2) is 47.6 Å². The van der Waals surface area contributed by atoms with Crippen molar-refractivity contribution < 1.29 is 17.9 Å². The standard InChI is InChI=1S/C16H17F3N4O/c1-11-2-5-13(6-3-11)23-15(20)22-9-12-4-7-14(21-8-12)24-10-16(17,18)19/h2-8H,9-10H2,1H3,(H3,20,22,23). The van der Waals surface area contributed by atoms with Crippen molar-refractivity contribution in [3.63, 3.8) is 0 Å². The van der Waals surface area contributed by atoms with Gasteiger partial charge in [0.15, 0.2) is 12.6 Å². The normalized spacial score (nSPS) is 12.1. The number of aromatic nitrogens is 1. The fraction of sp³-hybridized carbons (Fsp3) is 0.250. The number of nitrogens with one attached hydrogen (secondary N) is 1. The van der Waals surface area contributed by atoms with Crippen molar-refractivity contribution in [3.05, 3.63) is 53.7 Å². The highest BCUT2D eigenvalue weighted by atomic mass is 19.4. The van der Waals surface area contributed by atoms with Crippen molar-refractivity contribution in [1.29, 1.82) is 0 Å². The van der Waals surface area contributed by atoms with Crippen LogP contribution in [0.1, 0.15) is 11.1 Å². The molecule has 0 saturated heterocycles. The van der Waals surface area contributed by atoms with Crippen LogP contribution in [0.4, 0.5) is 18.9 Å². The van der Waals surface area contributed by atoms with Crippen LogP contribution in [-0.2, 0) is 6.54 Å². The molecule has 0 aliphatic heterocycles. The highest BCUT2D eigenvalue weighted by Gasteiger charge is 2.28. The van der Waals surface area contributed by atoms with E-state index in [4.69, 9.17) is 5.73 Å². The Morgan fingerprint density at radius 1 is 1.21 bits per heavy atom. The number of nitrogens with two attached hydrogens (primary N) is 1. The van der Waals surface area contributed by atoms with Crippen LogP contribution < -0.4 is 15.8 Å². The van der Waals surface area contributed by atoms with Crippen molar-refractivity contribution in [2.45, 2.75) is 19.6 Å². The number of rotatable bonds is 5. The summed E-state index contributed by atoms with van der Waals surface area (Å²) in [4.78, 5) is 7.95. The molecule has 128 valence electrons. The molecule has 3 N–H and O–H groups in total. The zero-order valence-corrected chi connectivity index (χ0v) is 13.0. The molecule has 1 heterocycles. The van der Waals surface area contributed by atoms with E-state index in [-0.39, 0.29) is 18.4 Å². The highest BCUT2D eigenvalue weighted by Crippen LogP contribution is 2.17. The predicted octanol–water partition coefficient (Wildman–Crippen LogP) is 3.26. The Labute approximate surface area is 137 Å². The summed E-state index contributed by atoms with van der Waals surface area (Å²) in [5.74, 6) is 0.141. The summed E-state index contributed by atoms with van der Waals surface area (Å²) >= 11 is 0. The average molecular weight is 338 g/mol. The van der Waals surface area contributed by atoms with E-state index in [2.05, 4.69) is 20.0 Å². The number of hydrogen-bond donors (Lipinski definition) is 2. The van der Waals surface area contributed by atoms with Crippen LogP contribution >= 0.6 is 0 Å². The Balaban J connectivity index is 1.87. The monoisotopic (exact) mass is 338 g/mol. The van der Waals surface area contributed by atoms with Crippen LogP contribution in [-0.4, -0.2) is 23.7 Å². The van der Waals surface area contributed by atoms with E-state index in [0.717, 1.165) is 11.3 Å². The maximum Gasteiger partial charge on any atom is 0.422 e. The Morgan fingerprint density at radius 2 is 1.92 bits per heavy atom. The Morgan fingerprint density at radius 3 is 2.50 bits per heavy atom. The summed E-state index contributed by atoms with van der Waals surface area (Å²) in [5, 5.41) is 2.95. The summed E-state index contributed by atoms with van der Waals surface area (Å²) in [6.45, 7) is 0.860. The molecule has 0 fully saturated rings. The number of halogens is 3. The van der Waals surface area contributed by atoms with E-state index in [0.29, 0.717) is 5.56 Å². The molecule has 0 spiro atoms. The summed E-state index contributed by atoms with van der Waals surface area (Å²) in [7, 11) is 0. The van der Waals surface area contributed by atoms with Crippen molar-refractivity contribution >= 4 is 11.6 Å². The Hall–Kier alpha value is -2.77. The minimum atomic E-state index is -4.39. The quantitative estimate of drug-likeness (QED) is 0.648. The van der Waals surface area contributed by atoms with Gasteiger partial charge in [-0.15, -0.1) is 0 Å². The number of ether oxygens (including phenoxy) is 1. The Kier molecular flexibility index (Phi) is 5.62. The fourth-order valence-corrected chi connectivity index (χ4v) is 1.75. The molecule has 8 heteroatoms. The highest BCUT2D eigenvalue weighted by molar-refractivity contribution is 5.92. The van der Waals surface area contributed by atoms with Crippen LogP contribution in [0.25, 0.3) is 0 Å². The smallest absolute Gasteiger partial charge is 0.422 e. The predicted molar refractivity (Wildman–Crippen MR) is 85.9 cm³/mol. The third-order valence-corrected chi connectivity index (χ3v) is 2.94. The first-order valence-electron chi connectivity index (χ1n) is 7.10. The maximum absolute atomic E-state index is 12.0. The molecule has 0 amide bonds. The van der Waals surface area contributed by atoms with E-state index in [1.807, 2.05) is 31.2 Å². The Bertz CT molecular complexity index is 682. The van der Waals surface area contributed by atoms with E-state index in [1.54, 1.807) is 6.07 Å². The molecule has 0 bridgehead atoms. The molecule has 0 saturated carbocycles.